The van der Waals surface area contributed by atoms with Gasteiger partial charge in [-0.15, -0.1) is 5.10 Å². The van der Waals surface area contributed by atoms with E-state index in [1.54, 1.807) is 12.4 Å². The number of nitriles is 1. The largest absolute Gasteiger partial charge is 0.369 e. The second-order valence-corrected chi connectivity index (χ2v) is 11.2. The zero-order valence-electron chi connectivity index (χ0n) is 21.9. The summed E-state index contributed by atoms with van der Waals surface area (Å²) in [6.45, 7) is 8.99. The van der Waals surface area contributed by atoms with Crippen LogP contribution in [0.5, 0.6) is 0 Å². The molecule has 0 bridgehead atoms. The second-order valence-electron chi connectivity index (χ2n) is 11.2. The van der Waals surface area contributed by atoms with Crippen molar-refractivity contribution in [2.45, 2.75) is 64.8 Å². The lowest BCUT2D eigenvalue weighted by molar-refractivity contribution is 0.0593. The van der Waals surface area contributed by atoms with Crippen molar-refractivity contribution in [2.24, 2.45) is 5.41 Å². The molecule has 1 aromatic carbocycles. The van der Waals surface area contributed by atoms with Crippen LogP contribution in [0, 0.1) is 23.7 Å². The smallest absolute Gasteiger partial charge is 0.263 e. The molecule has 3 aromatic heterocycles. The van der Waals surface area contributed by atoms with E-state index in [2.05, 4.69) is 57.4 Å². The number of rotatable bonds is 8. The number of hydrogen-bond donors (Lipinski definition) is 1. The standard InChI is InChI=1S/C28H30F2N8/c1-17-20(6-5-9-32-17)21(23-14-38(37-36-23)28(7-8-28)26(29)30)11-18-10-19(13-31)24-22(12-18)25(35-16-34-24)33-15-27(2,3)4/h5-6,9-10,12,14,16,21,26H,7-8,11,15H2,1-4H3,(H,33,34,35)/t21-/m0/s1. The molecule has 38 heavy (non-hydrogen) atoms. The Morgan fingerprint density at radius 1 is 1.18 bits per heavy atom. The third-order valence-corrected chi connectivity index (χ3v) is 7.06. The molecular weight excluding hydrogens is 486 g/mol. The third-order valence-electron chi connectivity index (χ3n) is 7.06. The molecule has 1 fully saturated rings. The Kier molecular flexibility index (Phi) is 6.55. The van der Waals surface area contributed by atoms with Gasteiger partial charge in [0.15, 0.2) is 0 Å². The predicted octanol–water partition coefficient (Wildman–Crippen LogP) is 5.38. The number of nitrogens with zero attached hydrogens (tertiary/aromatic N) is 7. The Bertz CT molecular complexity index is 1510. The molecule has 5 rings (SSSR count). The Hall–Kier alpha value is -4.00. The molecule has 0 spiro atoms. The van der Waals surface area contributed by atoms with Gasteiger partial charge in [0.1, 0.15) is 23.8 Å². The predicted molar refractivity (Wildman–Crippen MR) is 140 cm³/mol. The average molecular weight is 517 g/mol. The van der Waals surface area contributed by atoms with Crippen LogP contribution in [-0.2, 0) is 12.0 Å². The van der Waals surface area contributed by atoms with Gasteiger partial charge in [0.25, 0.3) is 6.43 Å². The number of halogens is 2. The first kappa shape index (κ1) is 25.6. The molecule has 0 unspecified atom stereocenters. The molecule has 10 heteroatoms. The fraction of sp³-hybridized carbons (Fsp3) is 0.429. The van der Waals surface area contributed by atoms with Gasteiger partial charge in [0, 0.05) is 35.9 Å². The number of anilines is 1. The molecule has 0 saturated heterocycles. The number of hydrogen-bond acceptors (Lipinski definition) is 7. The summed E-state index contributed by atoms with van der Waals surface area (Å²) in [6.07, 6.45) is 3.54. The number of pyridine rings is 1. The van der Waals surface area contributed by atoms with Crippen LogP contribution >= 0.6 is 0 Å². The molecule has 3 heterocycles. The summed E-state index contributed by atoms with van der Waals surface area (Å²) in [4.78, 5) is 13.3. The van der Waals surface area contributed by atoms with Crippen LogP contribution < -0.4 is 5.32 Å². The molecule has 0 aliphatic heterocycles. The van der Waals surface area contributed by atoms with Crippen molar-refractivity contribution in [1.29, 1.82) is 5.26 Å². The van der Waals surface area contributed by atoms with Crippen molar-refractivity contribution in [1.82, 2.24) is 29.9 Å². The lowest BCUT2D eigenvalue weighted by Gasteiger charge is -2.20. The Balaban J connectivity index is 1.58. The van der Waals surface area contributed by atoms with Crippen LogP contribution in [0.2, 0.25) is 0 Å². The minimum absolute atomic E-state index is 0.0266. The van der Waals surface area contributed by atoms with E-state index in [4.69, 9.17) is 0 Å². The highest BCUT2D eigenvalue weighted by Crippen LogP contribution is 2.48. The zero-order chi connectivity index (χ0) is 27.1. The SMILES string of the molecule is Cc1ncccc1[C@H](Cc1cc(C#N)c2ncnc(NCC(C)(C)C)c2c1)c1cn(C2(C(F)F)CC2)nn1. The molecule has 0 radical (unpaired) electrons. The number of aromatic nitrogens is 6. The quantitative estimate of drug-likeness (QED) is 0.335. The van der Waals surface area contributed by atoms with Gasteiger partial charge < -0.3 is 5.32 Å². The minimum atomic E-state index is -2.51. The van der Waals surface area contributed by atoms with Gasteiger partial charge in [0.05, 0.1) is 16.8 Å². The zero-order valence-corrected chi connectivity index (χ0v) is 21.9. The van der Waals surface area contributed by atoms with E-state index in [0.29, 0.717) is 48.4 Å². The molecule has 4 aromatic rings. The van der Waals surface area contributed by atoms with Gasteiger partial charge in [-0.25, -0.2) is 23.4 Å². The maximum absolute atomic E-state index is 13.8. The third kappa shape index (κ3) is 4.93. The van der Waals surface area contributed by atoms with Crippen LogP contribution in [0.1, 0.15) is 67.6 Å². The fourth-order valence-corrected chi connectivity index (χ4v) is 4.72. The molecule has 1 aliphatic rings. The first-order valence-corrected chi connectivity index (χ1v) is 12.7. The van der Waals surface area contributed by atoms with Crippen molar-refractivity contribution in [3.8, 4) is 6.07 Å². The average Bonchev–Trinajstić information content (AvgIpc) is 3.56. The van der Waals surface area contributed by atoms with Gasteiger partial charge in [-0.05, 0) is 60.9 Å². The van der Waals surface area contributed by atoms with Crippen molar-refractivity contribution < 1.29 is 8.78 Å². The Labute approximate surface area is 220 Å². The van der Waals surface area contributed by atoms with Gasteiger partial charge in [-0.3, -0.25) is 4.98 Å². The summed E-state index contributed by atoms with van der Waals surface area (Å²) in [5, 5.41) is 22.6. The molecule has 1 saturated carbocycles. The summed E-state index contributed by atoms with van der Waals surface area (Å²) in [5.41, 5.74) is 2.99. The summed E-state index contributed by atoms with van der Waals surface area (Å²) < 4.78 is 28.9. The molecule has 8 nitrogen and oxygen atoms in total. The molecule has 0 amide bonds. The molecule has 196 valence electrons. The van der Waals surface area contributed by atoms with Gasteiger partial charge in [-0.2, -0.15) is 5.26 Å². The molecule has 1 N–H and O–H groups in total. The minimum Gasteiger partial charge on any atom is -0.369 e. The van der Waals surface area contributed by atoms with Crippen molar-refractivity contribution >= 4 is 16.7 Å². The van der Waals surface area contributed by atoms with Crippen LogP contribution in [-0.4, -0.2) is 42.9 Å². The van der Waals surface area contributed by atoms with E-state index in [-0.39, 0.29) is 11.3 Å². The summed E-state index contributed by atoms with van der Waals surface area (Å²) in [5.74, 6) is 0.362. The van der Waals surface area contributed by atoms with E-state index in [1.807, 2.05) is 31.2 Å². The van der Waals surface area contributed by atoms with E-state index in [1.165, 1.54) is 11.0 Å². The maximum atomic E-state index is 13.8. The summed E-state index contributed by atoms with van der Waals surface area (Å²) in [7, 11) is 0. The van der Waals surface area contributed by atoms with E-state index in [9.17, 15) is 14.0 Å². The molecular formula is C28H30F2N8. The summed E-state index contributed by atoms with van der Waals surface area (Å²) in [6, 6.07) is 9.91. The molecule has 1 aliphatic carbocycles. The van der Waals surface area contributed by atoms with E-state index >= 15 is 0 Å². The first-order valence-electron chi connectivity index (χ1n) is 12.7. The number of benzene rings is 1. The molecule has 1 atom stereocenters. The van der Waals surface area contributed by atoms with E-state index in [0.717, 1.165) is 22.2 Å². The number of fused-ring (bicyclic) bond motifs is 1. The number of alkyl halides is 2. The van der Waals surface area contributed by atoms with Crippen LogP contribution in [0.15, 0.2) is 43.0 Å². The maximum Gasteiger partial charge on any atom is 0.263 e. The fourth-order valence-electron chi connectivity index (χ4n) is 4.72. The van der Waals surface area contributed by atoms with Crippen molar-refractivity contribution in [3.63, 3.8) is 0 Å². The van der Waals surface area contributed by atoms with Crippen LogP contribution in [0.25, 0.3) is 10.9 Å². The van der Waals surface area contributed by atoms with Crippen molar-refractivity contribution in [3.05, 3.63) is 71.1 Å². The number of aryl methyl sites for hydroxylation is 1. The Morgan fingerprint density at radius 2 is 1.97 bits per heavy atom. The Morgan fingerprint density at radius 3 is 2.63 bits per heavy atom. The van der Waals surface area contributed by atoms with Crippen molar-refractivity contribution in [2.75, 3.05) is 11.9 Å². The highest BCUT2D eigenvalue weighted by Gasteiger charge is 2.54. The van der Waals surface area contributed by atoms with Crippen LogP contribution in [0.3, 0.4) is 0 Å². The number of nitrogens with one attached hydrogen (secondary N) is 1. The monoisotopic (exact) mass is 516 g/mol. The first-order chi connectivity index (χ1) is 18.1. The second kappa shape index (κ2) is 9.71. The highest BCUT2D eigenvalue weighted by atomic mass is 19.3. The van der Waals surface area contributed by atoms with E-state index < -0.39 is 12.0 Å². The van der Waals surface area contributed by atoms with Gasteiger partial charge in [0.2, 0.25) is 0 Å². The lowest BCUT2D eigenvalue weighted by atomic mass is 9.87. The van der Waals surface area contributed by atoms with Gasteiger partial charge >= 0.3 is 0 Å². The van der Waals surface area contributed by atoms with Gasteiger partial charge in [-0.1, -0.05) is 32.1 Å². The highest BCUT2D eigenvalue weighted by molar-refractivity contribution is 5.93. The van der Waals surface area contributed by atoms with Crippen LogP contribution in [0.4, 0.5) is 14.6 Å². The lowest BCUT2D eigenvalue weighted by Crippen LogP contribution is -2.26. The normalized spacial score (nSPS) is 15.4. The summed E-state index contributed by atoms with van der Waals surface area (Å²) >= 11 is 0. The topological polar surface area (TPSA) is 105 Å².